The molecule has 0 N–H and O–H groups in total. The maximum Gasteiger partial charge on any atom is 0.254 e. The number of amides is 1. The molecule has 2 fully saturated rings. The molecule has 6 heteroatoms. The zero-order valence-corrected chi connectivity index (χ0v) is 20.6. The van der Waals surface area contributed by atoms with Crippen LogP contribution in [0, 0.1) is 6.92 Å². The van der Waals surface area contributed by atoms with Gasteiger partial charge < -0.3 is 9.80 Å². The van der Waals surface area contributed by atoms with E-state index in [0.29, 0.717) is 12.5 Å². The van der Waals surface area contributed by atoms with E-state index in [9.17, 15) is 4.79 Å². The summed E-state index contributed by atoms with van der Waals surface area (Å²) in [6.45, 7) is 11.2. The van der Waals surface area contributed by atoms with Crippen molar-refractivity contribution in [1.29, 1.82) is 0 Å². The van der Waals surface area contributed by atoms with Gasteiger partial charge in [0, 0.05) is 44.0 Å². The number of anilines is 1. The maximum absolute atomic E-state index is 13.8. The van der Waals surface area contributed by atoms with Gasteiger partial charge in [-0.05, 0) is 71.1 Å². The van der Waals surface area contributed by atoms with Gasteiger partial charge in [-0.1, -0.05) is 18.2 Å². The number of pyridine rings is 1. The topological polar surface area (TPSA) is 54.3 Å². The van der Waals surface area contributed by atoms with Crippen LogP contribution >= 0.6 is 0 Å². The minimum absolute atomic E-state index is 0.0390. The van der Waals surface area contributed by atoms with E-state index in [1.54, 1.807) is 0 Å². The molecule has 174 valence electrons. The summed E-state index contributed by atoms with van der Waals surface area (Å²) in [5.74, 6) is 0.503. The molecular formula is C27H35N5O. The van der Waals surface area contributed by atoms with E-state index in [1.165, 1.54) is 24.1 Å². The zero-order chi connectivity index (χ0) is 23.3. The summed E-state index contributed by atoms with van der Waals surface area (Å²) < 4.78 is 1.99. The summed E-state index contributed by atoms with van der Waals surface area (Å²) in [6.07, 6.45) is 4.76. The van der Waals surface area contributed by atoms with Crippen LogP contribution in [0.3, 0.4) is 0 Å². The van der Waals surface area contributed by atoms with Crippen LogP contribution in [-0.2, 0) is 12.1 Å². The van der Waals surface area contributed by atoms with E-state index in [2.05, 4.69) is 49.9 Å². The molecule has 0 bridgehead atoms. The Labute approximate surface area is 196 Å². The fourth-order valence-electron chi connectivity index (χ4n) is 4.98. The molecule has 3 aromatic rings. The van der Waals surface area contributed by atoms with Crippen LogP contribution in [0.15, 0.2) is 30.3 Å². The molecule has 33 heavy (non-hydrogen) atoms. The number of benzene rings is 1. The summed E-state index contributed by atoms with van der Waals surface area (Å²) in [4.78, 5) is 23.2. The molecular weight excluding hydrogens is 410 g/mol. The van der Waals surface area contributed by atoms with Crippen molar-refractivity contribution in [2.75, 3.05) is 25.0 Å². The Morgan fingerprint density at radius 2 is 1.85 bits per heavy atom. The highest BCUT2D eigenvalue weighted by Gasteiger charge is 2.31. The largest absolute Gasteiger partial charge is 0.371 e. The van der Waals surface area contributed by atoms with Crippen molar-refractivity contribution in [3.63, 3.8) is 0 Å². The monoisotopic (exact) mass is 445 g/mol. The first kappa shape index (κ1) is 21.9. The summed E-state index contributed by atoms with van der Waals surface area (Å²) in [5.41, 5.74) is 5.71. The first-order valence-electron chi connectivity index (χ1n) is 12.2. The third-order valence-corrected chi connectivity index (χ3v) is 6.89. The van der Waals surface area contributed by atoms with Gasteiger partial charge in [-0.25, -0.2) is 9.67 Å². The molecule has 3 heterocycles. The van der Waals surface area contributed by atoms with Crippen molar-refractivity contribution < 1.29 is 4.79 Å². The highest BCUT2D eigenvalue weighted by Crippen LogP contribution is 2.41. The Balaban J connectivity index is 1.53. The minimum Gasteiger partial charge on any atom is -0.371 e. The lowest BCUT2D eigenvalue weighted by Gasteiger charge is -2.25. The highest BCUT2D eigenvalue weighted by molar-refractivity contribution is 6.06. The number of aryl methyl sites for hydroxylation is 1. The molecule has 0 unspecified atom stereocenters. The molecule has 1 saturated heterocycles. The lowest BCUT2D eigenvalue weighted by Crippen LogP contribution is -2.28. The molecule has 6 nitrogen and oxygen atoms in total. The number of carbonyl (C=O) groups excluding carboxylic acids is 1. The molecule has 0 radical (unpaired) electrons. The van der Waals surface area contributed by atoms with Crippen LogP contribution in [0.4, 0.5) is 5.69 Å². The Kier molecular flexibility index (Phi) is 5.42. The average Bonchev–Trinajstić information content (AvgIpc) is 3.37. The van der Waals surface area contributed by atoms with Crippen molar-refractivity contribution in [2.24, 2.45) is 0 Å². The Hall–Kier alpha value is -2.89. The van der Waals surface area contributed by atoms with Crippen LogP contribution < -0.4 is 4.90 Å². The van der Waals surface area contributed by atoms with E-state index >= 15 is 0 Å². The van der Waals surface area contributed by atoms with Crippen molar-refractivity contribution in [1.82, 2.24) is 19.7 Å². The maximum atomic E-state index is 13.8. The molecule has 0 spiro atoms. The van der Waals surface area contributed by atoms with Gasteiger partial charge in [0.2, 0.25) is 0 Å². The van der Waals surface area contributed by atoms with E-state index in [0.717, 1.165) is 53.9 Å². The lowest BCUT2D eigenvalue weighted by molar-refractivity contribution is 0.0787. The smallest absolute Gasteiger partial charge is 0.254 e. The molecule has 1 aliphatic carbocycles. The van der Waals surface area contributed by atoms with E-state index in [1.807, 2.05) is 29.6 Å². The fourth-order valence-corrected chi connectivity index (χ4v) is 4.98. The van der Waals surface area contributed by atoms with Crippen molar-refractivity contribution in [3.8, 4) is 0 Å². The number of carbonyl (C=O) groups is 1. The molecule has 1 saturated carbocycles. The van der Waals surface area contributed by atoms with Crippen LogP contribution in [0.25, 0.3) is 11.0 Å². The molecule has 1 aromatic carbocycles. The molecule has 1 amide bonds. The Morgan fingerprint density at radius 3 is 2.52 bits per heavy atom. The highest BCUT2D eigenvalue weighted by atomic mass is 16.2. The van der Waals surface area contributed by atoms with E-state index in [-0.39, 0.29) is 11.4 Å². The minimum atomic E-state index is -0.206. The number of hydrogen-bond donors (Lipinski definition) is 0. The van der Waals surface area contributed by atoms with Gasteiger partial charge in [-0.3, -0.25) is 4.79 Å². The average molecular weight is 446 g/mol. The molecule has 2 aromatic heterocycles. The quantitative estimate of drug-likeness (QED) is 0.539. The van der Waals surface area contributed by atoms with Gasteiger partial charge in [0.15, 0.2) is 5.65 Å². The number of para-hydroxylation sites is 1. The third-order valence-electron chi connectivity index (χ3n) is 6.89. The summed E-state index contributed by atoms with van der Waals surface area (Å²) in [5, 5.41) is 5.70. The standard InChI is InChI=1S/C27H35N5O/c1-18-24-21(16-22(19-12-13-19)28-25(24)32(29-18)27(2,3)4)26(33)30(5)17-20-10-6-7-11-23(20)31-14-8-9-15-31/h6-7,10-11,16,19H,8-9,12-15,17H2,1-5H3. The van der Waals surface area contributed by atoms with Crippen LogP contribution in [0.2, 0.25) is 0 Å². The van der Waals surface area contributed by atoms with E-state index < -0.39 is 0 Å². The Bertz CT molecular complexity index is 1200. The first-order valence-corrected chi connectivity index (χ1v) is 12.2. The molecule has 5 rings (SSSR count). The predicted molar refractivity (Wildman–Crippen MR) is 133 cm³/mol. The fraction of sp³-hybridized carbons (Fsp3) is 0.519. The predicted octanol–water partition coefficient (Wildman–Crippen LogP) is 5.24. The normalized spacial score (nSPS) is 16.6. The Morgan fingerprint density at radius 1 is 1.15 bits per heavy atom. The van der Waals surface area contributed by atoms with Gasteiger partial charge in [0.25, 0.3) is 5.91 Å². The van der Waals surface area contributed by atoms with Gasteiger partial charge in [0.1, 0.15) is 0 Å². The summed E-state index contributed by atoms with van der Waals surface area (Å²) in [6, 6.07) is 10.5. The van der Waals surface area contributed by atoms with Crippen LogP contribution in [0.1, 0.15) is 79.7 Å². The van der Waals surface area contributed by atoms with Crippen LogP contribution in [-0.4, -0.2) is 45.7 Å². The van der Waals surface area contributed by atoms with Crippen molar-refractivity contribution in [3.05, 3.63) is 52.8 Å². The number of rotatable bonds is 5. The second-order valence-electron chi connectivity index (χ2n) is 10.7. The van der Waals surface area contributed by atoms with E-state index in [4.69, 9.17) is 10.1 Å². The van der Waals surface area contributed by atoms with Crippen molar-refractivity contribution in [2.45, 2.75) is 71.4 Å². The number of hydrogen-bond acceptors (Lipinski definition) is 4. The van der Waals surface area contributed by atoms with Gasteiger partial charge in [-0.2, -0.15) is 5.10 Å². The lowest BCUT2D eigenvalue weighted by atomic mass is 10.0. The molecule has 2 aliphatic rings. The van der Waals surface area contributed by atoms with Gasteiger partial charge >= 0.3 is 0 Å². The van der Waals surface area contributed by atoms with Crippen molar-refractivity contribution >= 4 is 22.6 Å². The first-order chi connectivity index (χ1) is 15.7. The number of fused-ring (bicyclic) bond motifs is 1. The summed E-state index contributed by atoms with van der Waals surface area (Å²) in [7, 11) is 1.91. The van der Waals surface area contributed by atoms with Gasteiger partial charge in [0.05, 0.1) is 22.2 Å². The molecule has 0 atom stereocenters. The zero-order valence-electron chi connectivity index (χ0n) is 20.6. The van der Waals surface area contributed by atoms with Gasteiger partial charge in [-0.15, -0.1) is 0 Å². The number of nitrogens with zero attached hydrogens (tertiary/aromatic N) is 5. The number of aromatic nitrogens is 3. The SMILES string of the molecule is Cc1nn(C(C)(C)C)c2nc(C3CC3)cc(C(=O)N(C)Cc3ccccc3N3CCCC3)c12. The third kappa shape index (κ3) is 4.11. The second-order valence-corrected chi connectivity index (χ2v) is 10.7. The summed E-state index contributed by atoms with van der Waals surface area (Å²) >= 11 is 0. The molecule has 1 aliphatic heterocycles. The van der Waals surface area contributed by atoms with Crippen LogP contribution in [0.5, 0.6) is 0 Å². The second kappa shape index (κ2) is 8.15.